The maximum absolute atomic E-state index is 13.6. The van der Waals surface area contributed by atoms with Crippen molar-refractivity contribution in [3.05, 3.63) is 51.5 Å². The molecule has 170 valence electrons. The lowest BCUT2D eigenvalue weighted by atomic mass is 9.82. The number of carbonyl (C=O) groups is 2. The molecule has 2 aromatic rings. The van der Waals surface area contributed by atoms with Crippen molar-refractivity contribution in [2.24, 2.45) is 5.10 Å². The van der Waals surface area contributed by atoms with Gasteiger partial charge in [0, 0.05) is 54.2 Å². The van der Waals surface area contributed by atoms with Gasteiger partial charge in [-0.3, -0.25) is 9.89 Å². The van der Waals surface area contributed by atoms with Gasteiger partial charge in [-0.05, 0) is 38.1 Å². The molecule has 32 heavy (non-hydrogen) atoms. The lowest BCUT2D eigenvalue weighted by Crippen LogP contribution is -2.57. The van der Waals surface area contributed by atoms with Gasteiger partial charge in [0.1, 0.15) is 17.2 Å². The molecule has 0 saturated carbocycles. The Kier molecular flexibility index (Phi) is 6.29. The van der Waals surface area contributed by atoms with Crippen molar-refractivity contribution in [2.45, 2.75) is 38.3 Å². The van der Waals surface area contributed by atoms with Crippen LogP contribution < -0.4 is 10.7 Å². The first-order chi connectivity index (χ1) is 15.3. The van der Waals surface area contributed by atoms with Gasteiger partial charge in [0.2, 0.25) is 0 Å². The number of ether oxygens (including phenoxy) is 1. The van der Waals surface area contributed by atoms with Crippen LogP contribution in [0.1, 0.15) is 41.5 Å². The largest absolute Gasteiger partial charge is 0.435 e. The van der Waals surface area contributed by atoms with Crippen LogP contribution in [0.15, 0.2) is 33.8 Å². The standard InChI is InChI=1S/C21H24BrFN6O3/c1-12-9-17(26-25-12)19(30)24-13(2)11-29-7-5-21(6-8-29)18(27-28-20(31)32-21)15-4-3-14(23)10-16(15)22/h3-4,9-10,13H,5-8,11H2,1-2H3,(H,24,30)(H,25,26)(H,28,31)/t13-/m1/s1. The summed E-state index contributed by atoms with van der Waals surface area (Å²) in [6, 6.07) is 5.95. The van der Waals surface area contributed by atoms with Crippen molar-refractivity contribution in [1.29, 1.82) is 0 Å². The summed E-state index contributed by atoms with van der Waals surface area (Å²) in [6.07, 6.45) is 0.459. The van der Waals surface area contributed by atoms with E-state index in [4.69, 9.17) is 4.74 Å². The molecule has 2 aliphatic heterocycles. The predicted octanol–water partition coefficient (Wildman–Crippen LogP) is 2.72. The minimum Gasteiger partial charge on any atom is -0.435 e. The lowest BCUT2D eigenvalue weighted by molar-refractivity contribution is 0.00485. The number of nitrogens with one attached hydrogen (secondary N) is 3. The maximum Gasteiger partial charge on any atom is 0.428 e. The fourth-order valence-electron chi connectivity index (χ4n) is 4.14. The molecule has 9 nitrogen and oxygen atoms in total. The second-order valence-electron chi connectivity index (χ2n) is 8.19. The number of aromatic nitrogens is 2. The van der Waals surface area contributed by atoms with Crippen molar-refractivity contribution in [3.8, 4) is 0 Å². The number of likely N-dealkylation sites (tertiary alicyclic amines) is 1. The van der Waals surface area contributed by atoms with E-state index in [2.05, 4.69) is 46.9 Å². The van der Waals surface area contributed by atoms with E-state index >= 15 is 0 Å². The van der Waals surface area contributed by atoms with Crippen LogP contribution in [0.3, 0.4) is 0 Å². The molecule has 0 aliphatic carbocycles. The van der Waals surface area contributed by atoms with E-state index in [1.165, 1.54) is 12.1 Å². The van der Waals surface area contributed by atoms with Crippen molar-refractivity contribution in [3.63, 3.8) is 0 Å². The Bertz CT molecular complexity index is 1060. The van der Waals surface area contributed by atoms with Gasteiger partial charge in [0.25, 0.3) is 5.91 Å². The molecule has 3 N–H and O–H groups in total. The van der Waals surface area contributed by atoms with Gasteiger partial charge in [-0.25, -0.2) is 14.6 Å². The second-order valence-corrected chi connectivity index (χ2v) is 9.05. The van der Waals surface area contributed by atoms with Crippen LogP contribution in [0, 0.1) is 12.7 Å². The number of halogens is 2. The van der Waals surface area contributed by atoms with Crippen LogP contribution in [0.4, 0.5) is 9.18 Å². The molecule has 4 rings (SSSR count). The third-order valence-corrected chi connectivity index (χ3v) is 6.33. The van der Waals surface area contributed by atoms with E-state index in [0.29, 0.717) is 53.9 Å². The number of hydrogen-bond acceptors (Lipinski definition) is 6. The summed E-state index contributed by atoms with van der Waals surface area (Å²) in [6.45, 7) is 5.71. The van der Waals surface area contributed by atoms with Crippen LogP contribution in [0.25, 0.3) is 0 Å². The highest BCUT2D eigenvalue weighted by molar-refractivity contribution is 9.10. The highest BCUT2D eigenvalue weighted by Crippen LogP contribution is 2.35. The average molecular weight is 507 g/mol. The summed E-state index contributed by atoms with van der Waals surface area (Å²) in [5.74, 6) is -0.593. The summed E-state index contributed by atoms with van der Waals surface area (Å²) in [5.41, 5.74) is 3.91. The number of aryl methyl sites for hydroxylation is 1. The van der Waals surface area contributed by atoms with E-state index in [-0.39, 0.29) is 17.8 Å². The van der Waals surface area contributed by atoms with Gasteiger partial charge in [-0.1, -0.05) is 15.9 Å². The Balaban J connectivity index is 1.41. The highest BCUT2D eigenvalue weighted by Gasteiger charge is 2.46. The zero-order valence-electron chi connectivity index (χ0n) is 17.7. The molecule has 2 aliphatic rings. The zero-order chi connectivity index (χ0) is 22.9. The molecular formula is C21H24BrFN6O3. The van der Waals surface area contributed by atoms with E-state index < -0.39 is 11.7 Å². The van der Waals surface area contributed by atoms with Crippen molar-refractivity contribution in [2.75, 3.05) is 19.6 Å². The molecule has 11 heteroatoms. The molecule has 0 bridgehead atoms. The summed E-state index contributed by atoms with van der Waals surface area (Å²) in [5, 5.41) is 14.0. The summed E-state index contributed by atoms with van der Waals surface area (Å²) >= 11 is 3.39. The van der Waals surface area contributed by atoms with Gasteiger partial charge in [-0.2, -0.15) is 10.2 Å². The fourth-order valence-corrected chi connectivity index (χ4v) is 4.68. The first-order valence-electron chi connectivity index (χ1n) is 10.3. The number of H-pyrrole nitrogens is 1. The van der Waals surface area contributed by atoms with E-state index in [9.17, 15) is 14.0 Å². The predicted molar refractivity (Wildman–Crippen MR) is 119 cm³/mol. The summed E-state index contributed by atoms with van der Waals surface area (Å²) < 4.78 is 19.9. The van der Waals surface area contributed by atoms with Gasteiger partial charge in [-0.15, -0.1) is 0 Å². The number of hydrazone groups is 1. The molecule has 1 saturated heterocycles. The topological polar surface area (TPSA) is 112 Å². The Morgan fingerprint density at radius 3 is 2.78 bits per heavy atom. The fraction of sp³-hybridized carbons (Fsp3) is 0.429. The van der Waals surface area contributed by atoms with Gasteiger partial charge in [0.15, 0.2) is 5.60 Å². The number of piperidine rings is 1. The Labute approximate surface area is 192 Å². The maximum atomic E-state index is 13.6. The first-order valence-corrected chi connectivity index (χ1v) is 11.1. The smallest absolute Gasteiger partial charge is 0.428 e. The Morgan fingerprint density at radius 2 is 2.12 bits per heavy atom. The molecule has 2 amide bonds. The van der Waals surface area contributed by atoms with Crippen LogP contribution in [-0.2, 0) is 4.74 Å². The molecule has 0 unspecified atom stereocenters. The number of nitrogens with zero attached hydrogens (tertiary/aromatic N) is 3. The van der Waals surface area contributed by atoms with Gasteiger partial charge < -0.3 is 15.0 Å². The van der Waals surface area contributed by atoms with Crippen molar-refractivity contribution < 1.29 is 18.7 Å². The van der Waals surface area contributed by atoms with Gasteiger partial charge >= 0.3 is 6.09 Å². The third-order valence-electron chi connectivity index (χ3n) is 5.68. The first kappa shape index (κ1) is 22.4. The normalized spacial score (nSPS) is 19.1. The Hall–Kier alpha value is -2.79. The van der Waals surface area contributed by atoms with Crippen molar-refractivity contribution in [1.82, 2.24) is 25.8 Å². The quantitative estimate of drug-likeness (QED) is 0.577. The molecule has 1 spiro atoms. The number of amides is 2. The van der Waals surface area contributed by atoms with E-state index in [1.807, 2.05) is 13.8 Å². The molecule has 1 atom stereocenters. The molecule has 1 aromatic heterocycles. The van der Waals surface area contributed by atoms with E-state index in [0.717, 1.165) is 5.69 Å². The van der Waals surface area contributed by atoms with Crippen LogP contribution in [-0.4, -0.2) is 64.1 Å². The summed E-state index contributed by atoms with van der Waals surface area (Å²) in [7, 11) is 0. The zero-order valence-corrected chi connectivity index (χ0v) is 19.3. The van der Waals surface area contributed by atoms with Crippen molar-refractivity contribution >= 4 is 33.6 Å². The summed E-state index contributed by atoms with van der Waals surface area (Å²) in [4.78, 5) is 26.5. The minimum atomic E-state index is -0.891. The number of carbonyl (C=O) groups excluding carboxylic acids is 2. The van der Waals surface area contributed by atoms with Gasteiger partial charge in [0.05, 0.1) is 0 Å². The molecular weight excluding hydrogens is 483 g/mol. The number of aromatic amines is 1. The third kappa shape index (κ3) is 4.68. The lowest BCUT2D eigenvalue weighted by Gasteiger charge is -2.43. The average Bonchev–Trinajstić information content (AvgIpc) is 3.17. The van der Waals surface area contributed by atoms with Crippen LogP contribution >= 0.6 is 15.9 Å². The number of rotatable bonds is 5. The SMILES string of the molecule is Cc1cc(C(=O)N[C@H](C)CN2CCC3(CC2)OC(=O)NN=C3c2ccc(F)cc2Br)n[nH]1. The number of hydrogen-bond donors (Lipinski definition) is 3. The van der Waals surface area contributed by atoms with Crippen LogP contribution in [0.5, 0.6) is 0 Å². The number of benzene rings is 1. The Morgan fingerprint density at radius 1 is 1.38 bits per heavy atom. The second kappa shape index (κ2) is 8.99. The highest BCUT2D eigenvalue weighted by atomic mass is 79.9. The molecule has 1 fully saturated rings. The minimum absolute atomic E-state index is 0.0940. The monoisotopic (exact) mass is 506 g/mol. The molecule has 3 heterocycles. The molecule has 1 aromatic carbocycles. The van der Waals surface area contributed by atoms with E-state index in [1.54, 1.807) is 12.1 Å². The van der Waals surface area contributed by atoms with Crippen LogP contribution in [0.2, 0.25) is 0 Å². The molecule has 0 radical (unpaired) electrons.